The number of carbonyl (C=O) groups excluding carboxylic acids is 1. The Bertz CT molecular complexity index is 821. The summed E-state index contributed by atoms with van der Waals surface area (Å²) in [5.74, 6) is 0.842. The average molecular weight is 461 g/mol. The van der Waals surface area contributed by atoms with E-state index in [4.69, 9.17) is 9.47 Å². The number of halogens is 1. The molecule has 0 aliphatic carbocycles. The van der Waals surface area contributed by atoms with Crippen LogP contribution in [0.5, 0.6) is 5.75 Å². The molecule has 1 atom stereocenters. The number of amides is 1. The van der Waals surface area contributed by atoms with Crippen LogP contribution in [0.15, 0.2) is 53.0 Å². The van der Waals surface area contributed by atoms with Gasteiger partial charge in [0.2, 0.25) is 0 Å². The summed E-state index contributed by atoms with van der Waals surface area (Å²) in [4.78, 5) is 14.3. The summed E-state index contributed by atoms with van der Waals surface area (Å²) in [6, 6.07) is 16.4. The first-order chi connectivity index (χ1) is 13.8. The lowest BCUT2D eigenvalue weighted by molar-refractivity contribution is 0.0505. The SMILES string of the molecule is CC(C)(C)OC(=O)NC1CCN(Cc2cccc(OCc3ccccc3)c2Br)C1. The van der Waals surface area contributed by atoms with Crippen LogP contribution in [-0.4, -0.2) is 35.7 Å². The third-order valence-electron chi connectivity index (χ3n) is 4.67. The molecule has 1 aliphatic rings. The molecule has 0 bridgehead atoms. The van der Waals surface area contributed by atoms with Crippen LogP contribution in [-0.2, 0) is 17.9 Å². The third kappa shape index (κ3) is 6.75. The lowest BCUT2D eigenvalue weighted by Crippen LogP contribution is -2.40. The lowest BCUT2D eigenvalue weighted by atomic mass is 10.2. The van der Waals surface area contributed by atoms with Crippen LogP contribution in [0, 0.1) is 0 Å². The Kier molecular flexibility index (Phi) is 7.19. The van der Waals surface area contributed by atoms with Gasteiger partial charge in [0.15, 0.2) is 0 Å². The van der Waals surface area contributed by atoms with Crippen LogP contribution in [0.25, 0.3) is 0 Å². The Balaban J connectivity index is 1.53. The van der Waals surface area contributed by atoms with Gasteiger partial charge >= 0.3 is 6.09 Å². The summed E-state index contributed by atoms with van der Waals surface area (Å²) in [6.07, 6.45) is 0.572. The van der Waals surface area contributed by atoms with Crippen molar-refractivity contribution in [2.45, 2.75) is 52.0 Å². The van der Waals surface area contributed by atoms with Gasteiger partial charge < -0.3 is 14.8 Å². The van der Waals surface area contributed by atoms with Gasteiger partial charge in [0.1, 0.15) is 18.0 Å². The van der Waals surface area contributed by atoms with Crippen LogP contribution in [0.3, 0.4) is 0 Å². The van der Waals surface area contributed by atoms with E-state index in [9.17, 15) is 4.79 Å². The number of likely N-dealkylation sites (tertiary alicyclic amines) is 1. The molecule has 156 valence electrons. The van der Waals surface area contributed by atoms with Gasteiger partial charge in [-0.15, -0.1) is 0 Å². The molecule has 1 fully saturated rings. The van der Waals surface area contributed by atoms with Crippen molar-refractivity contribution < 1.29 is 14.3 Å². The molecule has 1 amide bonds. The maximum Gasteiger partial charge on any atom is 0.407 e. The van der Waals surface area contributed by atoms with Gasteiger partial charge in [0.25, 0.3) is 0 Å². The lowest BCUT2D eigenvalue weighted by Gasteiger charge is -2.22. The Morgan fingerprint density at radius 1 is 1.17 bits per heavy atom. The van der Waals surface area contributed by atoms with Gasteiger partial charge in [-0.05, 0) is 60.3 Å². The predicted octanol–water partition coefficient (Wildman–Crippen LogP) is 5.13. The van der Waals surface area contributed by atoms with E-state index in [0.29, 0.717) is 6.61 Å². The number of hydrogen-bond acceptors (Lipinski definition) is 4. The molecule has 3 rings (SSSR count). The Labute approximate surface area is 181 Å². The van der Waals surface area contributed by atoms with E-state index in [1.54, 1.807) is 0 Å². The molecule has 1 heterocycles. The molecule has 2 aromatic rings. The van der Waals surface area contributed by atoms with Crippen molar-refractivity contribution in [1.82, 2.24) is 10.2 Å². The summed E-state index contributed by atoms with van der Waals surface area (Å²) in [5, 5.41) is 2.98. The fourth-order valence-corrected chi connectivity index (χ4v) is 3.84. The van der Waals surface area contributed by atoms with E-state index in [-0.39, 0.29) is 12.1 Å². The molecular formula is C23H29BrN2O3. The molecule has 0 spiro atoms. The second kappa shape index (κ2) is 9.63. The molecule has 0 saturated carbocycles. The maximum atomic E-state index is 12.0. The highest BCUT2D eigenvalue weighted by atomic mass is 79.9. The number of hydrogen-bond donors (Lipinski definition) is 1. The zero-order chi connectivity index (χ0) is 20.9. The molecule has 1 aliphatic heterocycles. The smallest absolute Gasteiger partial charge is 0.407 e. The first-order valence-corrected chi connectivity index (χ1v) is 10.8. The van der Waals surface area contributed by atoms with Gasteiger partial charge in [0, 0.05) is 25.7 Å². The molecule has 2 aromatic carbocycles. The monoisotopic (exact) mass is 460 g/mol. The molecule has 5 nitrogen and oxygen atoms in total. The first-order valence-electron chi connectivity index (χ1n) is 9.96. The van der Waals surface area contributed by atoms with Gasteiger partial charge in [0.05, 0.1) is 4.47 Å². The van der Waals surface area contributed by atoms with Crippen molar-refractivity contribution in [3.05, 3.63) is 64.1 Å². The molecule has 1 N–H and O–H groups in total. The minimum atomic E-state index is -0.479. The number of ether oxygens (including phenoxy) is 2. The zero-order valence-corrected chi connectivity index (χ0v) is 18.9. The minimum Gasteiger partial charge on any atom is -0.488 e. The second-order valence-corrected chi connectivity index (χ2v) is 9.16. The predicted molar refractivity (Wildman–Crippen MR) is 118 cm³/mol. The second-order valence-electron chi connectivity index (χ2n) is 8.37. The van der Waals surface area contributed by atoms with Crippen LogP contribution in [0.2, 0.25) is 0 Å². The number of carbonyl (C=O) groups is 1. The average Bonchev–Trinajstić information content (AvgIpc) is 3.08. The summed E-state index contributed by atoms with van der Waals surface area (Å²) in [7, 11) is 0. The van der Waals surface area contributed by atoms with E-state index in [0.717, 1.165) is 41.8 Å². The molecule has 0 radical (unpaired) electrons. The fraction of sp³-hybridized carbons (Fsp3) is 0.435. The largest absolute Gasteiger partial charge is 0.488 e. The third-order valence-corrected chi connectivity index (χ3v) is 5.57. The Morgan fingerprint density at radius 3 is 2.66 bits per heavy atom. The molecule has 1 unspecified atom stereocenters. The highest BCUT2D eigenvalue weighted by Gasteiger charge is 2.26. The van der Waals surface area contributed by atoms with E-state index in [1.165, 1.54) is 5.56 Å². The Morgan fingerprint density at radius 2 is 1.93 bits per heavy atom. The van der Waals surface area contributed by atoms with E-state index in [1.807, 2.05) is 51.1 Å². The standard InChI is InChI=1S/C23H29BrN2O3/c1-23(2,3)29-22(27)25-19-12-13-26(15-19)14-18-10-7-11-20(21(18)24)28-16-17-8-5-4-6-9-17/h4-11,19H,12-16H2,1-3H3,(H,25,27). The van der Waals surface area contributed by atoms with E-state index < -0.39 is 5.60 Å². The van der Waals surface area contributed by atoms with Crippen LogP contribution in [0.4, 0.5) is 4.79 Å². The van der Waals surface area contributed by atoms with Crippen LogP contribution in [0.1, 0.15) is 38.3 Å². The zero-order valence-electron chi connectivity index (χ0n) is 17.3. The van der Waals surface area contributed by atoms with Crippen molar-refractivity contribution in [2.24, 2.45) is 0 Å². The summed E-state index contributed by atoms with van der Waals surface area (Å²) in [5.41, 5.74) is 1.84. The van der Waals surface area contributed by atoms with Gasteiger partial charge in [-0.2, -0.15) is 0 Å². The van der Waals surface area contributed by atoms with Crippen LogP contribution >= 0.6 is 15.9 Å². The number of alkyl carbamates (subject to hydrolysis) is 1. The number of nitrogens with one attached hydrogen (secondary N) is 1. The molecule has 0 aromatic heterocycles. The van der Waals surface area contributed by atoms with E-state index in [2.05, 4.69) is 44.3 Å². The van der Waals surface area contributed by atoms with Crippen molar-refractivity contribution in [3.8, 4) is 5.75 Å². The van der Waals surface area contributed by atoms with Crippen LogP contribution < -0.4 is 10.1 Å². The molecule has 1 saturated heterocycles. The summed E-state index contributed by atoms with van der Waals surface area (Å²) in [6.45, 7) is 8.70. The van der Waals surface area contributed by atoms with Gasteiger partial charge in [-0.25, -0.2) is 4.79 Å². The Hall–Kier alpha value is -2.05. The van der Waals surface area contributed by atoms with Crippen molar-refractivity contribution >= 4 is 22.0 Å². The van der Waals surface area contributed by atoms with Gasteiger partial charge in [-0.1, -0.05) is 42.5 Å². The number of benzene rings is 2. The van der Waals surface area contributed by atoms with Crippen molar-refractivity contribution in [1.29, 1.82) is 0 Å². The van der Waals surface area contributed by atoms with Gasteiger partial charge in [-0.3, -0.25) is 4.90 Å². The summed E-state index contributed by atoms with van der Waals surface area (Å²) >= 11 is 3.71. The normalized spacial score (nSPS) is 17.2. The molecular weight excluding hydrogens is 432 g/mol. The topological polar surface area (TPSA) is 50.8 Å². The number of rotatable bonds is 6. The quantitative estimate of drug-likeness (QED) is 0.649. The fourth-order valence-electron chi connectivity index (χ4n) is 3.33. The molecule has 6 heteroatoms. The minimum absolute atomic E-state index is 0.112. The molecule has 29 heavy (non-hydrogen) atoms. The van der Waals surface area contributed by atoms with Crippen molar-refractivity contribution in [3.63, 3.8) is 0 Å². The van der Waals surface area contributed by atoms with Crippen molar-refractivity contribution in [2.75, 3.05) is 13.1 Å². The highest BCUT2D eigenvalue weighted by Crippen LogP contribution is 2.31. The number of nitrogens with zero attached hydrogens (tertiary/aromatic N) is 1. The maximum absolute atomic E-state index is 12.0. The highest BCUT2D eigenvalue weighted by molar-refractivity contribution is 9.10. The first kappa shape index (κ1) is 21.7. The van der Waals surface area contributed by atoms with E-state index >= 15 is 0 Å². The summed E-state index contributed by atoms with van der Waals surface area (Å²) < 4.78 is 12.4.